The molecule has 2 aromatic carbocycles. The Kier molecular flexibility index (Phi) is 28.5. The Labute approximate surface area is 479 Å². The molecule has 2 saturated heterocycles. The minimum absolute atomic E-state index is 0. The van der Waals surface area contributed by atoms with Gasteiger partial charge in [-0.15, -0.1) is 13.2 Å². The molecule has 4 heterocycles. The Balaban J connectivity index is 0.000000440. The summed E-state index contributed by atoms with van der Waals surface area (Å²) in [6, 6.07) is 13.7. The Hall–Kier alpha value is -5.78. The van der Waals surface area contributed by atoms with Crippen molar-refractivity contribution >= 4 is 70.4 Å². The molecule has 4 aliphatic heterocycles. The van der Waals surface area contributed by atoms with E-state index in [9.17, 15) is 28.8 Å². The van der Waals surface area contributed by atoms with E-state index in [1.165, 1.54) is 19.1 Å². The van der Waals surface area contributed by atoms with Gasteiger partial charge in [0.1, 0.15) is 23.3 Å². The number of methoxy groups -OCH3 is 2. The summed E-state index contributed by atoms with van der Waals surface area (Å²) in [4.78, 5) is 86.7. The Bertz CT molecular complexity index is 2430. The molecule has 2 aromatic rings. The summed E-state index contributed by atoms with van der Waals surface area (Å²) in [5, 5.41) is 21.9. The van der Waals surface area contributed by atoms with Crippen LogP contribution in [-0.4, -0.2) is 119 Å². The number of hydrogen-bond donors (Lipinski definition) is 2. The van der Waals surface area contributed by atoms with Crippen LogP contribution in [0.4, 0.5) is 0 Å². The largest absolute Gasteiger partial charge is 0.481 e. The number of carboxylic acids is 1. The SMILES string of the molecule is C.C.C=CCCCCC[C@H](CC(=O)OC(C)(C)C)C(=O)N1C[C@@]2(CC(c3cccc(Cl)c3)=NO2)C[C@H]1C(=O)OC.C=CCCCCC[C@H](CC(=O)OC(C)(C)C)C(=O)O.COC(=O)[C@@H]1C[C@@]2(CN1)CC(c1cccc(Cl)c1)=NO2. The number of aliphatic carboxylic acids is 1. The van der Waals surface area contributed by atoms with Gasteiger partial charge in [-0.2, -0.15) is 0 Å². The zero-order chi connectivity index (χ0) is 57.0. The summed E-state index contributed by atoms with van der Waals surface area (Å²) in [5.41, 5.74) is 0.824. The highest BCUT2D eigenvalue weighted by Crippen LogP contribution is 2.41. The number of unbranched alkanes of at least 4 members (excludes halogenated alkanes) is 6. The first kappa shape index (κ1) is 69.3. The minimum Gasteiger partial charge on any atom is -0.481 e. The molecule has 1 amide bonds. The second-order valence-electron chi connectivity index (χ2n) is 22.0. The third-order valence-corrected chi connectivity index (χ3v) is 13.6. The van der Waals surface area contributed by atoms with Gasteiger partial charge in [0.2, 0.25) is 5.91 Å². The Morgan fingerprint density at radius 1 is 0.722 bits per heavy atom. The van der Waals surface area contributed by atoms with Crippen LogP contribution in [0.15, 0.2) is 84.2 Å². The Morgan fingerprint density at radius 2 is 1.19 bits per heavy atom. The summed E-state index contributed by atoms with van der Waals surface area (Å²) in [6.07, 6.45) is 13.8. The van der Waals surface area contributed by atoms with Crippen molar-refractivity contribution in [2.45, 2.75) is 194 Å². The molecule has 0 radical (unpaired) electrons. The molecule has 0 aliphatic carbocycles. The quantitative estimate of drug-likeness (QED) is 0.0485. The maximum absolute atomic E-state index is 13.9. The van der Waals surface area contributed by atoms with E-state index in [0.717, 1.165) is 68.2 Å². The number of halogens is 2. The van der Waals surface area contributed by atoms with Gasteiger partial charge in [-0.25, -0.2) is 4.79 Å². The molecule has 6 rings (SSSR count). The fraction of sp³-hybridized carbons (Fsp3) is 0.600. The highest BCUT2D eigenvalue weighted by atomic mass is 35.5. The van der Waals surface area contributed by atoms with Crippen molar-refractivity contribution in [2.24, 2.45) is 22.1 Å². The molecule has 440 valence electrons. The van der Waals surface area contributed by atoms with Gasteiger partial charge in [0.15, 0.2) is 11.2 Å². The third-order valence-electron chi connectivity index (χ3n) is 13.2. The number of ether oxygens (including phenoxy) is 4. The van der Waals surface area contributed by atoms with E-state index in [-0.39, 0.29) is 58.6 Å². The van der Waals surface area contributed by atoms with Gasteiger partial charge in [0, 0.05) is 59.3 Å². The molecule has 2 fully saturated rings. The van der Waals surface area contributed by atoms with E-state index in [2.05, 4.69) is 28.8 Å². The summed E-state index contributed by atoms with van der Waals surface area (Å²) in [5.74, 6) is -4.11. The number of likely N-dealkylation sites (tertiary alicyclic amines) is 1. The number of carboxylic acid groups (broad SMARTS) is 1. The number of allylic oxidation sites excluding steroid dienone is 2. The number of oxime groups is 2. The molecular weight excluding hydrogens is 1060 g/mol. The lowest BCUT2D eigenvalue weighted by molar-refractivity contribution is -0.160. The molecule has 4 aliphatic rings. The van der Waals surface area contributed by atoms with Crippen molar-refractivity contribution in [3.63, 3.8) is 0 Å². The normalized spacial score (nSPS) is 20.6. The average molecular weight is 1140 g/mol. The molecule has 0 bridgehead atoms. The van der Waals surface area contributed by atoms with Gasteiger partial charge in [-0.3, -0.25) is 24.0 Å². The summed E-state index contributed by atoms with van der Waals surface area (Å²) < 4.78 is 20.5. The predicted octanol–water partition coefficient (Wildman–Crippen LogP) is 12.0. The van der Waals surface area contributed by atoms with E-state index in [1.54, 1.807) is 47.6 Å². The molecule has 6 atom stereocenters. The third kappa shape index (κ3) is 22.7. The molecule has 0 aromatic heterocycles. The van der Waals surface area contributed by atoms with Crippen LogP contribution < -0.4 is 5.32 Å². The second-order valence-corrected chi connectivity index (χ2v) is 22.9. The fourth-order valence-electron chi connectivity index (χ4n) is 9.49. The monoisotopic (exact) mass is 1140 g/mol. The second kappa shape index (κ2) is 32.5. The zero-order valence-electron chi connectivity index (χ0n) is 46.2. The van der Waals surface area contributed by atoms with Crippen LogP contribution in [0.5, 0.6) is 0 Å². The van der Waals surface area contributed by atoms with Gasteiger partial charge in [-0.05, 0) is 104 Å². The van der Waals surface area contributed by atoms with Crippen LogP contribution in [0, 0.1) is 11.8 Å². The van der Waals surface area contributed by atoms with Crippen molar-refractivity contribution in [2.75, 3.05) is 27.3 Å². The number of amides is 1. The van der Waals surface area contributed by atoms with Gasteiger partial charge in [0.25, 0.3) is 0 Å². The first-order valence-electron chi connectivity index (χ1n) is 26.4. The zero-order valence-corrected chi connectivity index (χ0v) is 47.7. The van der Waals surface area contributed by atoms with Crippen LogP contribution in [0.25, 0.3) is 0 Å². The highest BCUT2D eigenvalue weighted by molar-refractivity contribution is 6.31. The lowest BCUT2D eigenvalue weighted by Crippen LogP contribution is -2.45. The lowest BCUT2D eigenvalue weighted by Gasteiger charge is -2.28. The predicted molar refractivity (Wildman–Crippen MR) is 309 cm³/mol. The molecule has 2 spiro atoms. The topological polar surface area (TPSA) is 218 Å². The van der Waals surface area contributed by atoms with Crippen molar-refractivity contribution in [3.05, 3.63) is 95.0 Å². The van der Waals surface area contributed by atoms with E-state index < -0.39 is 64.2 Å². The standard InChI is InChI=1S/C29H39ClN2O6.C15H26O4.C14H15ClN2O3.2CH4/c1-6-7-8-9-10-12-21(16-25(33)37-28(2,3)4)26(34)32-19-29(18-24(32)27(35)36-5)17-23(31-38-29)20-13-11-14-22(30)15-20;1-5-6-7-8-9-10-12(14(17)18)11-13(16)19-15(2,3)4;1-19-13(18)12-7-14(8-16-12)6-11(17-20-14)9-3-2-4-10(15)5-9;;/h6,11,13-15,21,24H,1,7-10,12,16-19H2,2-5H3;5,12H,1,6-11H2,2-4H3,(H,17,18);2-5,12,16H,6-8H2,1H3;2*1H4/t21-,24+,29-;12-;12-,14+;;/m110../s1. The molecule has 0 saturated carbocycles. The average Bonchev–Trinajstić information content (AvgIpc) is 4.19. The van der Waals surface area contributed by atoms with Crippen LogP contribution in [0.2, 0.25) is 10.0 Å². The van der Waals surface area contributed by atoms with Crippen LogP contribution in [0.3, 0.4) is 0 Å². The van der Waals surface area contributed by atoms with Gasteiger partial charge >= 0.3 is 29.8 Å². The van der Waals surface area contributed by atoms with Crippen molar-refractivity contribution in [1.82, 2.24) is 10.2 Å². The number of nitrogens with one attached hydrogen (secondary N) is 1. The van der Waals surface area contributed by atoms with Gasteiger partial charge in [-0.1, -0.05) is 110 Å². The smallest absolute Gasteiger partial charge is 0.328 e. The Morgan fingerprint density at radius 3 is 1.65 bits per heavy atom. The molecule has 19 heteroatoms. The van der Waals surface area contributed by atoms with Crippen LogP contribution in [-0.2, 0) is 57.4 Å². The van der Waals surface area contributed by atoms with E-state index in [0.29, 0.717) is 54.4 Å². The van der Waals surface area contributed by atoms with Crippen molar-refractivity contribution in [3.8, 4) is 0 Å². The number of hydrogen-bond acceptors (Lipinski definition) is 15. The lowest BCUT2D eigenvalue weighted by atomic mass is 9.92. The number of rotatable bonds is 22. The molecular formula is C60H88Cl2N4O13. The van der Waals surface area contributed by atoms with E-state index in [4.69, 9.17) is 56.9 Å². The van der Waals surface area contributed by atoms with Gasteiger partial charge in [0.05, 0.1) is 50.9 Å². The maximum Gasteiger partial charge on any atom is 0.328 e. The minimum atomic E-state index is -0.922. The van der Waals surface area contributed by atoms with Crippen LogP contribution >= 0.6 is 23.2 Å². The first-order chi connectivity index (χ1) is 36.3. The number of carbonyl (C=O) groups is 6. The van der Waals surface area contributed by atoms with Crippen LogP contribution in [0.1, 0.15) is 170 Å². The maximum atomic E-state index is 13.9. The molecule has 0 unspecified atom stereocenters. The number of nitrogens with zero attached hydrogens (tertiary/aromatic N) is 3. The first-order valence-corrected chi connectivity index (χ1v) is 27.2. The number of carbonyl (C=O) groups excluding carboxylic acids is 5. The molecule has 2 N–H and O–H groups in total. The summed E-state index contributed by atoms with van der Waals surface area (Å²) in [6.45, 7) is 18.8. The summed E-state index contributed by atoms with van der Waals surface area (Å²) in [7, 11) is 2.69. The van der Waals surface area contributed by atoms with Crippen molar-refractivity contribution in [1.29, 1.82) is 0 Å². The highest BCUT2D eigenvalue weighted by Gasteiger charge is 2.55. The van der Waals surface area contributed by atoms with E-state index in [1.807, 2.05) is 54.6 Å². The number of benzene rings is 2. The fourth-order valence-corrected chi connectivity index (χ4v) is 9.87. The molecule has 79 heavy (non-hydrogen) atoms. The van der Waals surface area contributed by atoms with Crippen molar-refractivity contribution < 1.29 is 62.5 Å². The van der Waals surface area contributed by atoms with Gasteiger partial charge < -0.3 is 43.9 Å². The summed E-state index contributed by atoms with van der Waals surface area (Å²) >= 11 is 12.1. The number of esters is 4. The van der Waals surface area contributed by atoms with E-state index >= 15 is 0 Å². The molecule has 17 nitrogen and oxygen atoms in total.